The molecule has 240 valence electrons. The highest BCUT2D eigenvalue weighted by atomic mass is 16.6. The molecule has 0 atom stereocenters. The Hall–Kier alpha value is -4.38. The van der Waals surface area contributed by atoms with Gasteiger partial charge in [0.15, 0.2) is 0 Å². The highest BCUT2D eigenvalue weighted by molar-refractivity contribution is 6.08. The molecule has 3 heterocycles. The van der Waals surface area contributed by atoms with Crippen molar-refractivity contribution in [2.75, 3.05) is 40.3 Å². The van der Waals surface area contributed by atoms with Gasteiger partial charge in [-0.15, -0.1) is 0 Å². The van der Waals surface area contributed by atoms with Crippen LogP contribution >= 0.6 is 0 Å². The molecule has 45 heavy (non-hydrogen) atoms. The van der Waals surface area contributed by atoms with Gasteiger partial charge in [0.2, 0.25) is 0 Å². The molecule has 0 unspecified atom stereocenters. The summed E-state index contributed by atoms with van der Waals surface area (Å²) in [4.78, 5) is 58.3. The molecule has 11 heteroatoms. The van der Waals surface area contributed by atoms with Crippen LogP contribution in [-0.4, -0.2) is 94.7 Å². The summed E-state index contributed by atoms with van der Waals surface area (Å²) in [5.74, 6) is -0.362. The molecule has 2 aliphatic heterocycles. The van der Waals surface area contributed by atoms with E-state index in [0.717, 1.165) is 11.1 Å². The summed E-state index contributed by atoms with van der Waals surface area (Å²) >= 11 is 0. The zero-order chi connectivity index (χ0) is 32.8. The monoisotopic (exact) mass is 617 g/mol. The number of ether oxygens (including phenoxy) is 2. The number of hydrogen-bond acceptors (Lipinski definition) is 7. The molecule has 1 aromatic heterocycles. The van der Waals surface area contributed by atoms with Crippen molar-refractivity contribution >= 4 is 34.9 Å². The van der Waals surface area contributed by atoms with Gasteiger partial charge < -0.3 is 29.5 Å². The first kappa shape index (κ1) is 32.0. The van der Waals surface area contributed by atoms with E-state index < -0.39 is 17.3 Å². The molecular weight excluding hydrogens is 574 g/mol. The first-order valence-corrected chi connectivity index (χ1v) is 15.3. The number of benzene rings is 2. The van der Waals surface area contributed by atoms with Crippen LogP contribution in [0.2, 0.25) is 0 Å². The largest absolute Gasteiger partial charge is 0.444 e. The maximum Gasteiger partial charge on any atom is 0.419 e. The quantitative estimate of drug-likeness (QED) is 0.434. The van der Waals surface area contributed by atoms with Crippen molar-refractivity contribution in [2.24, 2.45) is 0 Å². The minimum atomic E-state index is -0.756. The van der Waals surface area contributed by atoms with E-state index in [9.17, 15) is 19.2 Å². The minimum Gasteiger partial charge on any atom is -0.444 e. The van der Waals surface area contributed by atoms with E-state index in [0.29, 0.717) is 72.6 Å². The molecule has 11 nitrogen and oxygen atoms in total. The molecule has 0 aliphatic carbocycles. The van der Waals surface area contributed by atoms with Gasteiger partial charge in [-0.2, -0.15) is 0 Å². The fraction of sp³-hybridized carbons (Fsp3) is 0.471. The molecule has 0 saturated carbocycles. The predicted molar refractivity (Wildman–Crippen MR) is 171 cm³/mol. The third-order valence-corrected chi connectivity index (χ3v) is 7.56. The van der Waals surface area contributed by atoms with Crippen molar-refractivity contribution in [1.82, 2.24) is 24.6 Å². The summed E-state index contributed by atoms with van der Waals surface area (Å²) in [5, 5.41) is 3.58. The van der Waals surface area contributed by atoms with Crippen molar-refractivity contribution in [3.63, 3.8) is 0 Å². The Kier molecular flexibility index (Phi) is 8.43. The highest BCUT2D eigenvalue weighted by Crippen LogP contribution is 2.36. The first-order chi connectivity index (χ1) is 21.0. The second-order valence-electron chi connectivity index (χ2n) is 14.0. The summed E-state index contributed by atoms with van der Waals surface area (Å²) in [7, 11) is 3.95. The zero-order valence-electron chi connectivity index (χ0n) is 27.4. The third kappa shape index (κ3) is 6.98. The topological polar surface area (TPSA) is 113 Å². The van der Waals surface area contributed by atoms with Gasteiger partial charge >= 0.3 is 12.2 Å². The van der Waals surface area contributed by atoms with E-state index in [2.05, 4.69) is 5.32 Å². The Bertz CT molecular complexity index is 1670. The molecule has 0 bridgehead atoms. The number of amides is 3. The van der Waals surface area contributed by atoms with Gasteiger partial charge in [-0.05, 0) is 97.1 Å². The van der Waals surface area contributed by atoms with Gasteiger partial charge in [0, 0.05) is 55.8 Å². The molecule has 0 radical (unpaired) electrons. The van der Waals surface area contributed by atoms with E-state index in [1.807, 2.05) is 58.0 Å². The first-order valence-electron chi connectivity index (χ1n) is 15.3. The zero-order valence-corrected chi connectivity index (χ0v) is 27.4. The van der Waals surface area contributed by atoms with Crippen LogP contribution in [0.15, 0.2) is 36.4 Å². The summed E-state index contributed by atoms with van der Waals surface area (Å²) < 4.78 is 12.8. The molecule has 2 aliphatic rings. The summed E-state index contributed by atoms with van der Waals surface area (Å²) in [6.07, 6.45) is -0.961. The molecule has 3 amide bonds. The second kappa shape index (κ2) is 11.8. The standard InChI is InChI=1S/C34H43N5O6/c1-33(2,3)44-31(42)38-13-11-37(12-14-38)30(41)22-9-10-26-23(17-22)18-27(39(26)32(43)45-34(4,5)6)25-16-21(20-36(7)8)15-24-19-35-29(40)28(24)25/h9-10,15-18H,11-14,19-20H2,1-8H3,(H,35,40). The Morgan fingerprint density at radius 3 is 2.09 bits per heavy atom. The molecule has 1 saturated heterocycles. The number of carbonyl (C=O) groups excluding carboxylic acids is 4. The number of carbonyl (C=O) groups is 4. The van der Waals surface area contributed by atoms with Crippen LogP contribution in [0.25, 0.3) is 22.2 Å². The second-order valence-corrected chi connectivity index (χ2v) is 14.0. The van der Waals surface area contributed by atoms with E-state index in [1.165, 1.54) is 4.57 Å². The van der Waals surface area contributed by atoms with E-state index >= 15 is 0 Å². The van der Waals surface area contributed by atoms with Crippen LogP contribution in [0.1, 0.15) is 73.4 Å². The van der Waals surface area contributed by atoms with Crippen LogP contribution in [0.4, 0.5) is 9.59 Å². The van der Waals surface area contributed by atoms with Crippen LogP contribution in [0.5, 0.6) is 0 Å². The van der Waals surface area contributed by atoms with Crippen molar-refractivity contribution in [3.8, 4) is 11.3 Å². The lowest BCUT2D eigenvalue weighted by molar-refractivity contribution is 0.0140. The normalized spacial score (nSPS) is 15.4. The fourth-order valence-electron chi connectivity index (χ4n) is 5.75. The van der Waals surface area contributed by atoms with Crippen LogP contribution in [0, 0.1) is 0 Å². The number of aromatic nitrogens is 1. The lowest BCUT2D eigenvalue weighted by atomic mass is 9.96. The number of nitrogens with one attached hydrogen (secondary N) is 1. The smallest absolute Gasteiger partial charge is 0.419 e. The Morgan fingerprint density at radius 1 is 0.844 bits per heavy atom. The van der Waals surface area contributed by atoms with Crippen molar-refractivity contribution in [3.05, 3.63) is 58.7 Å². The van der Waals surface area contributed by atoms with Gasteiger partial charge in [0.1, 0.15) is 11.2 Å². The molecule has 3 aromatic rings. The Balaban J connectivity index is 1.52. The molecule has 5 rings (SSSR count). The predicted octanol–water partition coefficient (Wildman–Crippen LogP) is 5.09. The fourth-order valence-corrected chi connectivity index (χ4v) is 5.75. The SMILES string of the molecule is CN(C)Cc1cc2c(c(-c3cc4cc(C(=O)N5CCN(C(=O)OC(C)(C)C)CC5)ccc4n3C(=O)OC(C)(C)C)c1)C(=O)NC2. The average molecular weight is 618 g/mol. The summed E-state index contributed by atoms with van der Waals surface area (Å²) in [6.45, 7) is 13.4. The van der Waals surface area contributed by atoms with Gasteiger partial charge in [-0.3, -0.25) is 9.59 Å². The Morgan fingerprint density at radius 2 is 1.47 bits per heavy atom. The minimum absolute atomic E-state index is 0.166. The molecule has 1 fully saturated rings. The van der Waals surface area contributed by atoms with E-state index in [-0.39, 0.29) is 17.9 Å². The summed E-state index contributed by atoms with van der Waals surface area (Å²) in [6, 6.07) is 11.0. The average Bonchev–Trinajstić information content (AvgIpc) is 3.50. The number of nitrogens with zero attached hydrogens (tertiary/aromatic N) is 4. The number of fused-ring (bicyclic) bond motifs is 2. The van der Waals surface area contributed by atoms with Crippen molar-refractivity contribution in [1.29, 1.82) is 0 Å². The van der Waals surface area contributed by atoms with Crippen LogP contribution in [-0.2, 0) is 22.6 Å². The molecular formula is C34H43N5O6. The van der Waals surface area contributed by atoms with E-state index in [1.54, 1.807) is 48.8 Å². The van der Waals surface area contributed by atoms with Crippen molar-refractivity contribution in [2.45, 2.75) is 65.8 Å². The lowest BCUT2D eigenvalue weighted by Crippen LogP contribution is -2.51. The van der Waals surface area contributed by atoms with Gasteiger partial charge in [0.05, 0.1) is 16.8 Å². The van der Waals surface area contributed by atoms with Gasteiger partial charge in [0.25, 0.3) is 11.8 Å². The highest BCUT2D eigenvalue weighted by Gasteiger charge is 2.31. The van der Waals surface area contributed by atoms with Gasteiger partial charge in [-0.25, -0.2) is 14.2 Å². The lowest BCUT2D eigenvalue weighted by Gasteiger charge is -2.35. The molecule has 1 N–H and O–H groups in total. The summed E-state index contributed by atoms with van der Waals surface area (Å²) in [5.41, 5.74) is 3.24. The Labute approximate surface area is 264 Å². The molecule has 0 spiro atoms. The van der Waals surface area contributed by atoms with Crippen LogP contribution < -0.4 is 5.32 Å². The molecule has 2 aromatic carbocycles. The van der Waals surface area contributed by atoms with Crippen molar-refractivity contribution < 1.29 is 28.7 Å². The number of piperazine rings is 1. The number of rotatable bonds is 4. The van der Waals surface area contributed by atoms with E-state index in [4.69, 9.17) is 9.47 Å². The maximum absolute atomic E-state index is 13.7. The number of hydrogen-bond donors (Lipinski definition) is 1. The van der Waals surface area contributed by atoms with Crippen LogP contribution in [0.3, 0.4) is 0 Å². The van der Waals surface area contributed by atoms with Gasteiger partial charge in [-0.1, -0.05) is 6.07 Å². The maximum atomic E-state index is 13.7. The third-order valence-electron chi connectivity index (χ3n) is 7.56.